The molecule has 3 saturated carbocycles. The summed E-state index contributed by atoms with van der Waals surface area (Å²) in [6.45, 7) is 0.782. The van der Waals surface area contributed by atoms with Crippen molar-refractivity contribution in [3.63, 3.8) is 0 Å². The van der Waals surface area contributed by atoms with Gasteiger partial charge in [0, 0.05) is 0 Å². The number of hydrogen-bond acceptors (Lipinski definition) is 3. The first-order valence-electron chi connectivity index (χ1n) is 5.95. The van der Waals surface area contributed by atoms with Crippen molar-refractivity contribution in [2.24, 2.45) is 16.6 Å². The van der Waals surface area contributed by atoms with Crippen LogP contribution in [0.2, 0.25) is 0 Å². The Morgan fingerprint density at radius 1 is 1.19 bits per heavy atom. The summed E-state index contributed by atoms with van der Waals surface area (Å²) in [5.41, 5.74) is 6.06. The average molecular weight is 248 g/mol. The van der Waals surface area contributed by atoms with E-state index in [1.165, 1.54) is 13.5 Å². The molecule has 16 heavy (non-hydrogen) atoms. The zero-order valence-corrected chi connectivity index (χ0v) is 10.8. The second-order valence-electron chi connectivity index (χ2n) is 5.33. The number of carbonyl (C=O) groups is 1. The van der Waals surface area contributed by atoms with Crippen LogP contribution in [-0.4, -0.2) is 19.6 Å². The van der Waals surface area contributed by atoms with E-state index in [1.54, 1.807) is 0 Å². The molecular weight excluding hydrogens is 226 g/mol. The summed E-state index contributed by atoms with van der Waals surface area (Å²) >= 11 is 0. The van der Waals surface area contributed by atoms with E-state index in [9.17, 15) is 4.79 Å². The van der Waals surface area contributed by atoms with Gasteiger partial charge in [0.05, 0.1) is 12.5 Å². The van der Waals surface area contributed by atoms with Crippen molar-refractivity contribution in [2.45, 2.75) is 44.9 Å². The number of carbonyl (C=O) groups excluding carboxylic acids is 1. The Morgan fingerprint density at radius 2 is 1.81 bits per heavy atom. The van der Waals surface area contributed by atoms with Crippen molar-refractivity contribution >= 4 is 18.4 Å². The summed E-state index contributed by atoms with van der Waals surface area (Å²) in [5.74, 6) is 0.00928. The fraction of sp³-hybridized carbons (Fsp3) is 0.917. The summed E-state index contributed by atoms with van der Waals surface area (Å²) in [6.07, 6.45) is 7.51. The minimum Gasteiger partial charge on any atom is -0.469 e. The van der Waals surface area contributed by atoms with Crippen LogP contribution in [0.3, 0.4) is 0 Å². The van der Waals surface area contributed by atoms with E-state index in [4.69, 9.17) is 10.5 Å². The summed E-state index contributed by atoms with van der Waals surface area (Å²) in [6, 6.07) is 0. The summed E-state index contributed by atoms with van der Waals surface area (Å²) in [4.78, 5) is 11.8. The molecule has 0 aromatic rings. The van der Waals surface area contributed by atoms with Gasteiger partial charge >= 0.3 is 5.97 Å². The number of methoxy groups -OCH3 is 1. The first-order chi connectivity index (χ1) is 7.16. The molecular formula is C12H22ClNO2. The second-order valence-corrected chi connectivity index (χ2v) is 5.33. The molecule has 0 aromatic heterocycles. The molecule has 3 aliphatic carbocycles. The van der Waals surface area contributed by atoms with Crippen LogP contribution in [0, 0.1) is 10.8 Å². The molecule has 0 heterocycles. The highest BCUT2D eigenvalue weighted by Crippen LogP contribution is 2.54. The van der Waals surface area contributed by atoms with Gasteiger partial charge in [-0.05, 0) is 50.5 Å². The molecule has 0 spiro atoms. The SMILES string of the molecule is COC(=O)C12CCCC(CN)(CC1)CC2.Cl. The van der Waals surface area contributed by atoms with Crippen molar-refractivity contribution < 1.29 is 9.53 Å². The Balaban J connectivity index is 0.00000128. The molecule has 0 atom stereocenters. The first kappa shape index (κ1) is 13.8. The number of rotatable bonds is 2. The van der Waals surface area contributed by atoms with Crippen LogP contribution in [0.15, 0.2) is 0 Å². The molecule has 0 aliphatic heterocycles. The predicted molar refractivity (Wildman–Crippen MR) is 65.5 cm³/mol. The highest BCUT2D eigenvalue weighted by atomic mass is 35.5. The molecule has 3 fully saturated rings. The van der Waals surface area contributed by atoms with Crippen molar-refractivity contribution in [1.29, 1.82) is 0 Å². The third kappa shape index (κ3) is 2.07. The maximum atomic E-state index is 11.8. The van der Waals surface area contributed by atoms with Gasteiger partial charge in [-0.2, -0.15) is 0 Å². The van der Waals surface area contributed by atoms with Gasteiger partial charge < -0.3 is 10.5 Å². The van der Waals surface area contributed by atoms with Crippen molar-refractivity contribution in [1.82, 2.24) is 0 Å². The lowest BCUT2D eigenvalue weighted by atomic mass is 9.65. The van der Waals surface area contributed by atoms with E-state index in [1.807, 2.05) is 0 Å². The zero-order valence-electron chi connectivity index (χ0n) is 9.96. The Hall–Kier alpha value is -0.280. The molecule has 0 saturated heterocycles. The van der Waals surface area contributed by atoms with E-state index >= 15 is 0 Å². The van der Waals surface area contributed by atoms with Crippen LogP contribution in [0.25, 0.3) is 0 Å². The molecule has 2 bridgehead atoms. The van der Waals surface area contributed by atoms with Crippen LogP contribution in [0.4, 0.5) is 0 Å². The van der Waals surface area contributed by atoms with Gasteiger partial charge in [-0.25, -0.2) is 0 Å². The van der Waals surface area contributed by atoms with Crippen LogP contribution in [-0.2, 0) is 9.53 Å². The molecule has 3 aliphatic rings. The summed E-state index contributed by atoms with van der Waals surface area (Å²) in [7, 11) is 1.51. The molecule has 3 rings (SSSR count). The minimum atomic E-state index is -0.163. The van der Waals surface area contributed by atoms with E-state index in [0.717, 1.165) is 45.1 Å². The standard InChI is InChI=1S/C12H21NO2.ClH/c1-15-10(14)12-4-2-3-11(9-13,5-7-12)6-8-12;/h2-9,13H2,1H3;1H. The Labute approximate surface area is 104 Å². The maximum Gasteiger partial charge on any atom is 0.311 e. The Morgan fingerprint density at radius 3 is 2.31 bits per heavy atom. The van der Waals surface area contributed by atoms with E-state index in [0.29, 0.717) is 5.41 Å². The first-order valence-corrected chi connectivity index (χ1v) is 5.95. The third-order valence-electron chi connectivity index (χ3n) is 4.68. The molecule has 0 aromatic carbocycles. The lowest BCUT2D eigenvalue weighted by molar-refractivity contribution is -0.155. The zero-order chi connectivity index (χ0) is 10.9. The molecule has 94 valence electrons. The van der Waals surface area contributed by atoms with Crippen LogP contribution in [0.5, 0.6) is 0 Å². The fourth-order valence-electron chi connectivity index (χ4n) is 3.39. The van der Waals surface area contributed by atoms with Gasteiger partial charge in [0.2, 0.25) is 0 Å². The Bertz CT molecular complexity index is 260. The maximum absolute atomic E-state index is 11.8. The smallest absolute Gasteiger partial charge is 0.311 e. The largest absolute Gasteiger partial charge is 0.469 e. The van der Waals surface area contributed by atoms with Gasteiger partial charge in [-0.1, -0.05) is 6.42 Å². The monoisotopic (exact) mass is 247 g/mol. The van der Waals surface area contributed by atoms with Crippen LogP contribution < -0.4 is 5.73 Å². The van der Waals surface area contributed by atoms with Gasteiger partial charge in [-0.3, -0.25) is 4.79 Å². The van der Waals surface area contributed by atoms with Crippen molar-refractivity contribution in [3.8, 4) is 0 Å². The van der Waals surface area contributed by atoms with E-state index < -0.39 is 0 Å². The van der Waals surface area contributed by atoms with Gasteiger partial charge in [0.15, 0.2) is 0 Å². The molecule has 0 amide bonds. The van der Waals surface area contributed by atoms with Crippen LogP contribution in [0.1, 0.15) is 44.9 Å². The fourth-order valence-corrected chi connectivity index (χ4v) is 3.39. The number of ether oxygens (including phenoxy) is 1. The minimum absolute atomic E-state index is 0. The lowest BCUT2D eigenvalue weighted by Crippen LogP contribution is -2.40. The molecule has 0 radical (unpaired) electrons. The summed E-state index contributed by atoms with van der Waals surface area (Å²) < 4.78 is 4.96. The van der Waals surface area contributed by atoms with Crippen molar-refractivity contribution in [2.75, 3.05) is 13.7 Å². The number of nitrogens with two attached hydrogens (primary N) is 1. The third-order valence-corrected chi connectivity index (χ3v) is 4.68. The quantitative estimate of drug-likeness (QED) is 0.762. The number of halogens is 1. The number of fused-ring (bicyclic) bond motifs is 4. The highest BCUT2D eigenvalue weighted by Gasteiger charge is 2.49. The Kier molecular flexibility index (Phi) is 4.24. The molecule has 3 nitrogen and oxygen atoms in total. The number of esters is 1. The topological polar surface area (TPSA) is 52.3 Å². The van der Waals surface area contributed by atoms with Crippen molar-refractivity contribution in [3.05, 3.63) is 0 Å². The van der Waals surface area contributed by atoms with E-state index in [2.05, 4.69) is 0 Å². The van der Waals surface area contributed by atoms with E-state index in [-0.39, 0.29) is 23.8 Å². The van der Waals surface area contributed by atoms with Crippen LogP contribution >= 0.6 is 12.4 Å². The number of hydrogen-bond donors (Lipinski definition) is 1. The van der Waals surface area contributed by atoms with Gasteiger partial charge in [0.1, 0.15) is 0 Å². The molecule has 2 N–H and O–H groups in total. The second kappa shape index (κ2) is 4.92. The molecule has 0 unspecified atom stereocenters. The van der Waals surface area contributed by atoms with Gasteiger partial charge in [0.25, 0.3) is 0 Å². The average Bonchev–Trinajstić information content (AvgIpc) is 2.59. The molecule has 4 heteroatoms. The predicted octanol–water partition coefficient (Wildman–Crippen LogP) is 2.27. The summed E-state index contributed by atoms with van der Waals surface area (Å²) in [5, 5.41) is 0. The normalized spacial score (nSPS) is 37.4. The van der Waals surface area contributed by atoms with Gasteiger partial charge in [-0.15, -0.1) is 12.4 Å². The lowest BCUT2D eigenvalue weighted by Gasteiger charge is -2.40. The highest BCUT2D eigenvalue weighted by molar-refractivity contribution is 5.85.